The molecule has 0 aliphatic heterocycles. The lowest BCUT2D eigenvalue weighted by atomic mass is 9.74. The molecule has 0 fully saturated rings. The van der Waals surface area contributed by atoms with Gasteiger partial charge in [-0.2, -0.15) is 0 Å². The molecule has 0 aromatic heterocycles. The fourth-order valence-corrected chi connectivity index (χ4v) is 10.7. The molecular formula is C33H30Br10O2. The molecule has 244 valence electrons. The summed E-state index contributed by atoms with van der Waals surface area (Å²) in [5.74, 6) is 1.61. The molecule has 4 rings (SSSR count). The van der Waals surface area contributed by atoms with E-state index in [1.165, 1.54) is 11.1 Å². The van der Waals surface area contributed by atoms with Gasteiger partial charge in [0.15, 0.2) is 0 Å². The topological polar surface area (TPSA) is 18.5 Å². The van der Waals surface area contributed by atoms with Gasteiger partial charge in [0.25, 0.3) is 0 Å². The van der Waals surface area contributed by atoms with E-state index in [-0.39, 0.29) is 9.65 Å². The summed E-state index contributed by atoms with van der Waals surface area (Å²) in [5.41, 5.74) is 1.90. The van der Waals surface area contributed by atoms with Crippen LogP contribution in [0.25, 0.3) is 21.5 Å². The second-order valence-electron chi connectivity index (χ2n) is 11.2. The monoisotopic (exact) mass is 1250 g/mol. The minimum absolute atomic E-state index is 0.163. The number of ether oxygens (including phenoxy) is 2. The van der Waals surface area contributed by atoms with Crippen molar-refractivity contribution in [3.63, 3.8) is 0 Å². The van der Waals surface area contributed by atoms with Crippen LogP contribution in [-0.2, 0) is 5.41 Å². The number of fused-ring (bicyclic) bond motifs is 2. The highest BCUT2D eigenvalue weighted by molar-refractivity contribution is 9.13. The van der Waals surface area contributed by atoms with E-state index in [9.17, 15) is 0 Å². The van der Waals surface area contributed by atoms with Crippen LogP contribution < -0.4 is 9.47 Å². The van der Waals surface area contributed by atoms with Crippen molar-refractivity contribution in [3.05, 3.63) is 74.4 Å². The van der Waals surface area contributed by atoms with Gasteiger partial charge in [-0.1, -0.05) is 167 Å². The Kier molecular flexibility index (Phi) is 14.8. The second-order valence-corrected chi connectivity index (χ2v) is 21.0. The Morgan fingerprint density at radius 3 is 1.20 bits per heavy atom. The van der Waals surface area contributed by atoms with Gasteiger partial charge in [-0.3, -0.25) is 0 Å². The average molecular weight is 1260 g/mol. The Balaban J connectivity index is 1.93. The first-order chi connectivity index (χ1) is 21.1. The molecule has 2 nitrogen and oxygen atoms in total. The molecule has 45 heavy (non-hydrogen) atoms. The fraction of sp³-hybridized carbons (Fsp3) is 0.394. The Labute approximate surface area is 349 Å². The van der Waals surface area contributed by atoms with Gasteiger partial charge < -0.3 is 9.47 Å². The lowest BCUT2D eigenvalue weighted by Crippen LogP contribution is -2.22. The minimum Gasteiger partial charge on any atom is -0.491 e. The second kappa shape index (κ2) is 16.9. The molecule has 12 heteroatoms. The summed E-state index contributed by atoms with van der Waals surface area (Å²) in [4.78, 5) is 0.940. The molecule has 0 bridgehead atoms. The number of hydrogen-bond acceptors (Lipinski definition) is 2. The number of halogens is 10. The van der Waals surface area contributed by atoms with Crippen molar-refractivity contribution >= 4 is 181 Å². The number of hydrogen-bond donors (Lipinski definition) is 0. The van der Waals surface area contributed by atoms with Crippen LogP contribution in [0, 0.1) is 0 Å². The highest BCUT2D eigenvalue weighted by Crippen LogP contribution is 2.51. The van der Waals surface area contributed by atoms with Gasteiger partial charge in [-0.15, -0.1) is 0 Å². The maximum atomic E-state index is 6.53. The van der Waals surface area contributed by atoms with E-state index in [1.54, 1.807) is 0 Å². The average Bonchev–Trinajstić information content (AvgIpc) is 2.99. The summed E-state index contributed by atoms with van der Waals surface area (Å²) in [6.07, 6.45) is 1.99. The zero-order valence-corrected chi connectivity index (χ0v) is 40.6. The molecule has 0 N–H and O–H groups in total. The van der Waals surface area contributed by atoms with Gasteiger partial charge in [-0.25, -0.2) is 0 Å². The summed E-state index contributed by atoms with van der Waals surface area (Å²) in [6, 6.07) is 12.8. The zero-order chi connectivity index (χ0) is 33.4. The van der Waals surface area contributed by atoms with Gasteiger partial charge >= 0.3 is 0 Å². The number of benzene rings is 4. The normalized spacial score (nSPS) is 14.9. The Morgan fingerprint density at radius 1 is 0.511 bits per heavy atom. The predicted molar refractivity (Wildman–Crippen MR) is 229 cm³/mol. The van der Waals surface area contributed by atoms with E-state index in [2.05, 4.69) is 223 Å². The molecule has 0 saturated heterocycles. The van der Waals surface area contributed by atoms with Gasteiger partial charge in [0.1, 0.15) is 24.7 Å². The predicted octanol–water partition coefficient (Wildman–Crippen LogP) is 15.5. The summed E-state index contributed by atoms with van der Waals surface area (Å²) in [6.45, 7) is 9.91. The summed E-state index contributed by atoms with van der Waals surface area (Å²) < 4.78 is 18.7. The number of rotatable bonds is 12. The van der Waals surface area contributed by atoms with E-state index >= 15 is 0 Å². The standard InChI is InChI=1S/C33H30Br10O2/c1-5-17(34)25(42)13-44-31-23(40)11-21(38)27-15(7-9-19(36)29(27)31)33(3,4)16-8-10-20(37)30-28(16)22(39)12-24(41)32(30)45-14-26(43)18(35)6-2/h7-12,17-18,25-26H,5-6,13-14H2,1-4H3. The first kappa shape index (κ1) is 39.6. The molecule has 4 aromatic carbocycles. The van der Waals surface area contributed by atoms with E-state index in [0.717, 1.165) is 72.7 Å². The van der Waals surface area contributed by atoms with Crippen molar-refractivity contribution in [2.75, 3.05) is 13.2 Å². The van der Waals surface area contributed by atoms with E-state index < -0.39 is 5.41 Å². The van der Waals surface area contributed by atoms with Crippen LogP contribution in [0.5, 0.6) is 11.5 Å². The first-order valence-corrected chi connectivity index (χ1v) is 22.6. The maximum absolute atomic E-state index is 6.53. The molecule has 0 aliphatic rings. The molecule has 0 heterocycles. The van der Waals surface area contributed by atoms with Crippen molar-refractivity contribution in [2.45, 2.75) is 65.3 Å². The summed E-state index contributed by atoms with van der Waals surface area (Å²) >= 11 is 38.3. The molecule has 0 aliphatic carbocycles. The van der Waals surface area contributed by atoms with E-state index in [1.807, 2.05) is 0 Å². The van der Waals surface area contributed by atoms with Gasteiger partial charge in [0.05, 0.1) is 18.6 Å². The van der Waals surface area contributed by atoms with Crippen molar-refractivity contribution in [2.24, 2.45) is 0 Å². The van der Waals surface area contributed by atoms with Crippen molar-refractivity contribution in [3.8, 4) is 11.5 Å². The van der Waals surface area contributed by atoms with E-state index in [4.69, 9.17) is 9.47 Å². The number of alkyl halides is 4. The Bertz CT molecular complexity index is 1580. The quantitative estimate of drug-likeness (QED) is 0.132. The highest BCUT2D eigenvalue weighted by atomic mass is 79.9. The fourth-order valence-electron chi connectivity index (χ4n) is 5.35. The molecule has 0 spiro atoms. The summed E-state index contributed by atoms with van der Waals surface area (Å²) in [7, 11) is 0. The smallest absolute Gasteiger partial charge is 0.142 e. The molecule has 0 radical (unpaired) electrons. The van der Waals surface area contributed by atoms with Crippen molar-refractivity contribution in [1.29, 1.82) is 0 Å². The molecule has 4 unspecified atom stereocenters. The first-order valence-electron chi connectivity index (χ1n) is 14.2. The van der Waals surface area contributed by atoms with Crippen LogP contribution in [0.1, 0.15) is 51.7 Å². The van der Waals surface area contributed by atoms with E-state index in [0.29, 0.717) is 22.9 Å². The Morgan fingerprint density at radius 2 is 0.867 bits per heavy atom. The Hall–Kier alpha value is 1.80. The van der Waals surface area contributed by atoms with Crippen LogP contribution in [0.4, 0.5) is 0 Å². The molecule has 4 aromatic rings. The minimum atomic E-state index is -0.429. The van der Waals surface area contributed by atoms with Gasteiger partial charge in [-0.05, 0) is 80.1 Å². The third-order valence-electron chi connectivity index (χ3n) is 7.87. The van der Waals surface area contributed by atoms with Crippen LogP contribution >= 0.6 is 159 Å². The van der Waals surface area contributed by atoms with Crippen molar-refractivity contribution in [1.82, 2.24) is 0 Å². The largest absolute Gasteiger partial charge is 0.491 e. The van der Waals surface area contributed by atoms with Crippen LogP contribution in [-0.4, -0.2) is 32.5 Å². The SMILES string of the molecule is CCC(Br)C(Br)COc1c(Br)cc(Br)c2c(C(C)(C)c3ccc(Br)c4c(OCC(Br)C(Br)CC)c(Br)cc(Br)c34)ccc(Br)c12. The van der Waals surface area contributed by atoms with Crippen molar-refractivity contribution < 1.29 is 9.47 Å². The molecular weight excluding hydrogens is 1230 g/mol. The third-order valence-corrected chi connectivity index (χ3v) is 17.4. The van der Waals surface area contributed by atoms with Crippen LogP contribution in [0.2, 0.25) is 0 Å². The summed E-state index contributed by atoms with van der Waals surface area (Å²) in [5, 5.41) is 4.21. The van der Waals surface area contributed by atoms with Crippen LogP contribution in [0.15, 0.2) is 63.2 Å². The highest BCUT2D eigenvalue weighted by Gasteiger charge is 2.32. The van der Waals surface area contributed by atoms with Gasteiger partial charge in [0.2, 0.25) is 0 Å². The lowest BCUT2D eigenvalue weighted by Gasteiger charge is -2.31. The van der Waals surface area contributed by atoms with Crippen LogP contribution in [0.3, 0.4) is 0 Å². The lowest BCUT2D eigenvalue weighted by molar-refractivity contribution is 0.318. The maximum Gasteiger partial charge on any atom is 0.142 e. The third kappa shape index (κ3) is 8.48. The molecule has 4 atom stereocenters. The molecule has 0 saturated carbocycles. The van der Waals surface area contributed by atoms with Gasteiger partial charge in [0, 0.05) is 54.5 Å². The zero-order valence-electron chi connectivity index (χ0n) is 24.7. The molecule has 0 amide bonds.